The van der Waals surface area contributed by atoms with Gasteiger partial charge in [-0.3, -0.25) is 0 Å². The molecule has 2 heterocycles. The van der Waals surface area contributed by atoms with Crippen molar-refractivity contribution in [3.63, 3.8) is 0 Å². The van der Waals surface area contributed by atoms with Crippen LogP contribution < -0.4 is 10.3 Å². The van der Waals surface area contributed by atoms with Crippen LogP contribution in [-0.2, 0) is 0 Å². The van der Waals surface area contributed by atoms with E-state index in [0.29, 0.717) is 0 Å². The molecular weight excluding hydrogens is 208 g/mol. The minimum absolute atomic E-state index is 0.844. The van der Waals surface area contributed by atoms with Gasteiger partial charge in [-0.2, -0.15) is 4.37 Å². The second-order valence-corrected chi connectivity index (χ2v) is 3.85. The predicted molar refractivity (Wildman–Crippen MR) is 60.2 cm³/mol. The Morgan fingerprint density at radius 1 is 1.20 bits per heavy atom. The van der Waals surface area contributed by atoms with Crippen LogP contribution in [0.3, 0.4) is 0 Å². The summed E-state index contributed by atoms with van der Waals surface area (Å²) in [5.74, 6) is 0.844. The average Bonchev–Trinajstić information content (AvgIpc) is 2.82. The number of rotatable bonds is 1. The molecule has 1 N–H and O–H groups in total. The maximum Gasteiger partial charge on any atom is 0.162 e. The zero-order valence-electron chi connectivity index (χ0n) is 7.81. The van der Waals surface area contributed by atoms with Gasteiger partial charge in [-0.05, 0) is 29.7 Å². The van der Waals surface area contributed by atoms with Gasteiger partial charge in [0.25, 0.3) is 0 Å². The Morgan fingerprint density at radius 3 is 3.00 bits per heavy atom. The first kappa shape index (κ1) is 8.49. The zero-order valence-corrected chi connectivity index (χ0v) is 8.62. The Kier molecular flexibility index (Phi) is 1.93. The van der Waals surface area contributed by atoms with E-state index in [9.17, 15) is 0 Å². The molecule has 0 saturated heterocycles. The third kappa shape index (κ3) is 1.49. The van der Waals surface area contributed by atoms with Crippen molar-refractivity contribution in [3.8, 4) is 5.75 Å². The summed E-state index contributed by atoms with van der Waals surface area (Å²) in [7, 11) is 0. The maximum atomic E-state index is 5.41. The smallest absolute Gasteiger partial charge is 0.162 e. The molecular formula is C11H8N2OS. The summed E-state index contributed by atoms with van der Waals surface area (Å²) >= 11 is 1.43. The molecule has 2 aromatic rings. The number of hydrogen-bond acceptors (Lipinski definition) is 4. The Morgan fingerprint density at radius 2 is 2.13 bits per heavy atom. The van der Waals surface area contributed by atoms with Crippen LogP contribution in [0.2, 0.25) is 0 Å². The molecule has 0 saturated carbocycles. The van der Waals surface area contributed by atoms with Gasteiger partial charge in [-0.15, -0.1) is 0 Å². The van der Waals surface area contributed by atoms with Gasteiger partial charge >= 0.3 is 0 Å². The molecule has 0 spiro atoms. The highest BCUT2D eigenvalue weighted by atomic mass is 32.1. The lowest BCUT2D eigenvalue weighted by molar-refractivity contribution is 0.249. The van der Waals surface area contributed by atoms with Crippen molar-refractivity contribution in [1.82, 2.24) is 9.85 Å². The van der Waals surface area contributed by atoms with E-state index in [4.69, 9.17) is 4.84 Å². The molecule has 1 aliphatic heterocycles. The summed E-state index contributed by atoms with van der Waals surface area (Å²) in [6.07, 6.45) is 2.04. The Bertz CT molecular complexity index is 505. The van der Waals surface area contributed by atoms with Crippen LogP contribution in [0.5, 0.6) is 5.75 Å². The standard InChI is InChI=1S/C11H8N2OS/c1-2-4-11-8(3-1)7-10(12-14-11)9-5-6-15-13-9/h1-7,12H. The van der Waals surface area contributed by atoms with E-state index in [1.165, 1.54) is 11.5 Å². The first-order valence-electron chi connectivity index (χ1n) is 4.58. The van der Waals surface area contributed by atoms with Crippen molar-refractivity contribution in [2.75, 3.05) is 0 Å². The Labute approximate surface area is 91.1 Å². The Balaban J connectivity index is 2.06. The van der Waals surface area contributed by atoms with E-state index in [1.807, 2.05) is 41.8 Å². The molecule has 1 aromatic heterocycles. The summed E-state index contributed by atoms with van der Waals surface area (Å²) in [4.78, 5) is 5.41. The van der Waals surface area contributed by atoms with Crippen LogP contribution in [0.4, 0.5) is 0 Å². The fourth-order valence-corrected chi connectivity index (χ4v) is 1.99. The molecule has 1 aliphatic rings. The normalized spacial score (nSPS) is 13.5. The molecule has 0 aliphatic carbocycles. The molecule has 3 rings (SSSR count). The van der Waals surface area contributed by atoms with E-state index in [1.54, 1.807) is 0 Å². The van der Waals surface area contributed by atoms with Crippen LogP contribution in [0.15, 0.2) is 35.7 Å². The molecule has 0 radical (unpaired) electrons. The van der Waals surface area contributed by atoms with Gasteiger partial charge in [0.2, 0.25) is 0 Å². The van der Waals surface area contributed by atoms with Gasteiger partial charge in [-0.25, -0.2) is 5.48 Å². The number of nitrogens with zero attached hydrogens (tertiary/aromatic N) is 1. The molecule has 3 nitrogen and oxygen atoms in total. The number of fused-ring (bicyclic) bond motifs is 1. The van der Waals surface area contributed by atoms with Crippen LogP contribution in [0.25, 0.3) is 11.8 Å². The monoisotopic (exact) mass is 216 g/mol. The molecule has 0 fully saturated rings. The number of hydrogen-bond donors (Lipinski definition) is 1. The van der Waals surface area contributed by atoms with Crippen LogP contribution in [0.1, 0.15) is 11.3 Å². The summed E-state index contributed by atoms with van der Waals surface area (Å²) in [6.45, 7) is 0. The van der Waals surface area contributed by atoms with Crippen molar-refractivity contribution < 1.29 is 4.84 Å². The highest BCUT2D eigenvalue weighted by molar-refractivity contribution is 7.03. The molecule has 0 amide bonds. The van der Waals surface area contributed by atoms with Crippen LogP contribution in [0, 0.1) is 0 Å². The van der Waals surface area contributed by atoms with Gasteiger partial charge in [0.1, 0.15) is 5.69 Å². The molecule has 4 heteroatoms. The van der Waals surface area contributed by atoms with Crippen molar-refractivity contribution in [2.24, 2.45) is 0 Å². The first-order chi connectivity index (χ1) is 7.43. The lowest BCUT2D eigenvalue weighted by atomic mass is 10.1. The lowest BCUT2D eigenvalue weighted by Crippen LogP contribution is -2.20. The van der Waals surface area contributed by atoms with Crippen molar-refractivity contribution >= 4 is 23.3 Å². The predicted octanol–water partition coefficient (Wildman–Crippen LogP) is 2.54. The molecule has 0 unspecified atom stereocenters. The minimum Gasteiger partial charge on any atom is -0.381 e. The molecule has 1 aromatic carbocycles. The largest absolute Gasteiger partial charge is 0.381 e. The van der Waals surface area contributed by atoms with E-state index in [-0.39, 0.29) is 0 Å². The average molecular weight is 216 g/mol. The lowest BCUT2D eigenvalue weighted by Gasteiger charge is -2.17. The molecule has 0 atom stereocenters. The number of benzene rings is 1. The van der Waals surface area contributed by atoms with E-state index < -0.39 is 0 Å². The summed E-state index contributed by atoms with van der Waals surface area (Å²) in [5.41, 5.74) is 5.76. The second-order valence-electron chi connectivity index (χ2n) is 3.18. The number of para-hydroxylation sites is 1. The SMILES string of the molecule is C1=C(c2ccsn2)NOc2ccccc21. The molecule has 74 valence electrons. The van der Waals surface area contributed by atoms with E-state index in [2.05, 4.69) is 9.85 Å². The summed E-state index contributed by atoms with van der Waals surface area (Å²) in [6, 6.07) is 9.84. The number of nitrogens with one attached hydrogen (secondary N) is 1. The van der Waals surface area contributed by atoms with Crippen LogP contribution in [-0.4, -0.2) is 4.37 Å². The van der Waals surface area contributed by atoms with Crippen molar-refractivity contribution in [2.45, 2.75) is 0 Å². The number of hydroxylamine groups is 1. The fraction of sp³-hybridized carbons (Fsp3) is 0. The molecule has 0 bridgehead atoms. The first-order valence-corrected chi connectivity index (χ1v) is 5.41. The fourth-order valence-electron chi connectivity index (χ4n) is 1.47. The van der Waals surface area contributed by atoms with E-state index >= 15 is 0 Å². The van der Waals surface area contributed by atoms with Gasteiger partial charge in [0, 0.05) is 10.9 Å². The second kappa shape index (κ2) is 3.40. The van der Waals surface area contributed by atoms with Gasteiger partial charge in [0.15, 0.2) is 5.75 Å². The number of aromatic nitrogens is 1. The van der Waals surface area contributed by atoms with Gasteiger partial charge < -0.3 is 4.84 Å². The third-order valence-electron chi connectivity index (χ3n) is 2.20. The molecule has 15 heavy (non-hydrogen) atoms. The zero-order chi connectivity index (χ0) is 10.1. The van der Waals surface area contributed by atoms with Crippen LogP contribution >= 0.6 is 11.5 Å². The quantitative estimate of drug-likeness (QED) is 0.795. The third-order valence-corrected chi connectivity index (χ3v) is 2.76. The van der Waals surface area contributed by atoms with Crippen molar-refractivity contribution in [3.05, 3.63) is 47.0 Å². The summed E-state index contributed by atoms with van der Waals surface area (Å²) in [5, 5.41) is 1.94. The maximum absolute atomic E-state index is 5.41. The topological polar surface area (TPSA) is 34.2 Å². The van der Waals surface area contributed by atoms with Crippen molar-refractivity contribution in [1.29, 1.82) is 0 Å². The highest BCUT2D eigenvalue weighted by Crippen LogP contribution is 2.26. The van der Waals surface area contributed by atoms with Gasteiger partial charge in [0.05, 0.1) is 5.70 Å². The van der Waals surface area contributed by atoms with Gasteiger partial charge in [-0.1, -0.05) is 18.2 Å². The summed E-state index contributed by atoms with van der Waals surface area (Å²) < 4.78 is 4.24. The Hall–Kier alpha value is -1.81. The highest BCUT2D eigenvalue weighted by Gasteiger charge is 2.12. The minimum atomic E-state index is 0.844. The van der Waals surface area contributed by atoms with E-state index in [0.717, 1.165) is 22.7 Å².